The highest BCUT2D eigenvalue weighted by molar-refractivity contribution is 5.89. The number of ether oxygens (including phenoxy) is 1. The average Bonchev–Trinajstić information content (AvgIpc) is 3.00. The lowest BCUT2D eigenvalue weighted by molar-refractivity contribution is 0.0600. The second-order valence-electron chi connectivity index (χ2n) is 4.98. The van der Waals surface area contributed by atoms with Crippen LogP contribution >= 0.6 is 0 Å². The Labute approximate surface area is 123 Å². The van der Waals surface area contributed by atoms with Crippen LogP contribution in [0.3, 0.4) is 0 Å². The van der Waals surface area contributed by atoms with E-state index in [0.29, 0.717) is 17.9 Å². The van der Waals surface area contributed by atoms with E-state index in [1.807, 2.05) is 0 Å². The molecule has 5 heteroatoms. The monoisotopic (exact) mass is 283 g/mol. The van der Waals surface area contributed by atoms with Crippen molar-refractivity contribution in [3.05, 3.63) is 58.8 Å². The Balaban J connectivity index is 1.69. The summed E-state index contributed by atoms with van der Waals surface area (Å²) in [6.45, 7) is 2.55. The zero-order valence-electron chi connectivity index (χ0n) is 11.8. The van der Waals surface area contributed by atoms with Crippen molar-refractivity contribution in [3.63, 3.8) is 0 Å². The van der Waals surface area contributed by atoms with E-state index in [2.05, 4.69) is 33.8 Å². The molecule has 1 aromatic heterocycles. The first-order chi connectivity index (χ1) is 10.3. The van der Waals surface area contributed by atoms with E-state index in [-0.39, 0.29) is 5.97 Å². The number of nitrogens with one attached hydrogen (secondary N) is 2. The van der Waals surface area contributed by atoms with Crippen molar-refractivity contribution in [3.8, 4) is 0 Å². The maximum atomic E-state index is 11.5. The number of rotatable bonds is 4. The summed E-state index contributed by atoms with van der Waals surface area (Å²) >= 11 is 0. The molecule has 0 saturated heterocycles. The van der Waals surface area contributed by atoms with Gasteiger partial charge in [0.15, 0.2) is 0 Å². The number of pyridine rings is 1. The van der Waals surface area contributed by atoms with Crippen molar-refractivity contribution in [2.75, 3.05) is 12.4 Å². The first kappa shape index (κ1) is 13.6. The number of methoxy groups -OCH3 is 1. The second kappa shape index (κ2) is 5.93. The van der Waals surface area contributed by atoms with Gasteiger partial charge in [-0.2, -0.15) is 0 Å². The van der Waals surface area contributed by atoms with Crippen LogP contribution in [-0.4, -0.2) is 18.1 Å². The summed E-state index contributed by atoms with van der Waals surface area (Å²) < 4.78 is 4.70. The number of nitrogens with zero attached hydrogens (tertiary/aromatic N) is 1. The summed E-state index contributed by atoms with van der Waals surface area (Å²) in [5.41, 5.74) is 4.41. The molecule has 1 aliphatic heterocycles. The van der Waals surface area contributed by atoms with Crippen molar-refractivity contribution in [2.24, 2.45) is 0 Å². The molecule has 0 atom stereocenters. The van der Waals surface area contributed by atoms with Gasteiger partial charge >= 0.3 is 5.97 Å². The number of carbonyl (C=O) groups is 1. The van der Waals surface area contributed by atoms with Crippen LogP contribution in [0.2, 0.25) is 0 Å². The molecule has 0 fully saturated rings. The summed E-state index contributed by atoms with van der Waals surface area (Å²) in [7, 11) is 1.37. The van der Waals surface area contributed by atoms with Crippen molar-refractivity contribution in [2.45, 2.75) is 19.6 Å². The van der Waals surface area contributed by atoms with Crippen LogP contribution in [-0.2, 0) is 24.4 Å². The minimum absolute atomic E-state index is 0.357. The van der Waals surface area contributed by atoms with E-state index in [1.54, 1.807) is 18.3 Å². The third kappa shape index (κ3) is 3.03. The number of fused-ring (bicyclic) bond motifs is 1. The van der Waals surface area contributed by atoms with Gasteiger partial charge < -0.3 is 15.4 Å². The van der Waals surface area contributed by atoms with Crippen LogP contribution < -0.4 is 10.6 Å². The predicted molar refractivity (Wildman–Crippen MR) is 79.9 cm³/mol. The van der Waals surface area contributed by atoms with Crippen LogP contribution in [0.1, 0.15) is 27.0 Å². The highest BCUT2D eigenvalue weighted by Crippen LogP contribution is 2.18. The lowest BCUT2D eigenvalue weighted by Gasteiger charge is -2.08. The molecule has 1 aliphatic rings. The van der Waals surface area contributed by atoms with E-state index in [9.17, 15) is 4.79 Å². The number of esters is 1. The molecule has 0 radical (unpaired) electrons. The van der Waals surface area contributed by atoms with E-state index < -0.39 is 0 Å². The molecule has 0 bridgehead atoms. The maximum absolute atomic E-state index is 11.5. The Bertz CT molecular complexity index is 670. The zero-order chi connectivity index (χ0) is 14.7. The first-order valence-electron chi connectivity index (χ1n) is 6.86. The molecule has 0 amide bonds. The van der Waals surface area contributed by atoms with Crippen LogP contribution in [0.4, 0.5) is 5.82 Å². The van der Waals surface area contributed by atoms with Crippen molar-refractivity contribution >= 4 is 11.8 Å². The molecule has 3 rings (SSSR count). The van der Waals surface area contributed by atoms with Crippen LogP contribution in [0, 0.1) is 0 Å². The summed E-state index contributed by atoms with van der Waals surface area (Å²) in [5.74, 6) is 0.306. The smallest absolute Gasteiger partial charge is 0.338 e. The summed E-state index contributed by atoms with van der Waals surface area (Å²) in [6, 6.07) is 9.80. The molecule has 2 aromatic rings. The lowest BCUT2D eigenvalue weighted by atomic mass is 10.1. The van der Waals surface area contributed by atoms with E-state index >= 15 is 0 Å². The number of benzene rings is 1. The SMILES string of the molecule is COC(=O)c1ccnc(NCc2ccc3c(c2)CNC3)c1. The zero-order valence-corrected chi connectivity index (χ0v) is 11.8. The molecule has 108 valence electrons. The van der Waals surface area contributed by atoms with Gasteiger partial charge in [0, 0.05) is 25.8 Å². The molecular formula is C16H17N3O2. The average molecular weight is 283 g/mol. The van der Waals surface area contributed by atoms with Gasteiger partial charge in [-0.3, -0.25) is 0 Å². The molecule has 0 spiro atoms. The largest absolute Gasteiger partial charge is 0.465 e. The minimum Gasteiger partial charge on any atom is -0.465 e. The van der Waals surface area contributed by atoms with Gasteiger partial charge in [0.1, 0.15) is 5.82 Å². The number of anilines is 1. The number of hydrogen-bond acceptors (Lipinski definition) is 5. The van der Waals surface area contributed by atoms with Crippen LogP contribution in [0.25, 0.3) is 0 Å². The van der Waals surface area contributed by atoms with Gasteiger partial charge in [0.2, 0.25) is 0 Å². The number of hydrogen-bond donors (Lipinski definition) is 2. The molecule has 0 aliphatic carbocycles. The van der Waals surface area contributed by atoms with Crippen LogP contribution in [0.15, 0.2) is 36.5 Å². The fraction of sp³-hybridized carbons (Fsp3) is 0.250. The van der Waals surface area contributed by atoms with E-state index in [0.717, 1.165) is 13.1 Å². The van der Waals surface area contributed by atoms with Gasteiger partial charge in [-0.05, 0) is 28.8 Å². The fourth-order valence-corrected chi connectivity index (χ4v) is 2.42. The fourth-order valence-electron chi connectivity index (χ4n) is 2.42. The van der Waals surface area contributed by atoms with E-state index in [1.165, 1.54) is 23.8 Å². The van der Waals surface area contributed by atoms with Gasteiger partial charge in [-0.25, -0.2) is 9.78 Å². The highest BCUT2D eigenvalue weighted by atomic mass is 16.5. The minimum atomic E-state index is -0.357. The molecule has 21 heavy (non-hydrogen) atoms. The van der Waals surface area contributed by atoms with Crippen molar-refractivity contribution < 1.29 is 9.53 Å². The quantitative estimate of drug-likeness (QED) is 0.841. The molecule has 5 nitrogen and oxygen atoms in total. The Morgan fingerprint density at radius 3 is 3.00 bits per heavy atom. The van der Waals surface area contributed by atoms with Gasteiger partial charge in [-0.15, -0.1) is 0 Å². The Morgan fingerprint density at radius 2 is 2.14 bits per heavy atom. The number of carbonyl (C=O) groups excluding carboxylic acids is 1. The lowest BCUT2D eigenvalue weighted by Crippen LogP contribution is -2.05. The second-order valence-corrected chi connectivity index (χ2v) is 4.98. The maximum Gasteiger partial charge on any atom is 0.338 e. The first-order valence-corrected chi connectivity index (χ1v) is 6.86. The van der Waals surface area contributed by atoms with Gasteiger partial charge in [-0.1, -0.05) is 18.2 Å². The molecule has 0 saturated carbocycles. The summed E-state index contributed by atoms with van der Waals surface area (Å²) in [4.78, 5) is 15.7. The molecule has 2 N–H and O–H groups in total. The standard InChI is InChI=1S/C16H17N3O2/c1-21-16(20)12-4-5-18-15(7-12)19-8-11-2-3-13-9-17-10-14(13)6-11/h2-7,17H,8-10H2,1H3,(H,18,19). The Morgan fingerprint density at radius 1 is 1.29 bits per heavy atom. The third-order valence-corrected chi connectivity index (χ3v) is 3.56. The summed E-state index contributed by atoms with van der Waals surface area (Å²) in [5, 5.41) is 6.56. The van der Waals surface area contributed by atoms with Crippen LogP contribution in [0.5, 0.6) is 0 Å². The molecule has 2 heterocycles. The van der Waals surface area contributed by atoms with Gasteiger partial charge in [0.25, 0.3) is 0 Å². The molecule has 1 aromatic carbocycles. The Kier molecular flexibility index (Phi) is 3.83. The normalized spacial score (nSPS) is 12.8. The Hall–Kier alpha value is -2.40. The third-order valence-electron chi connectivity index (χ3n) is 3.56. The molecule has 0 unspecified atom stereocenters. The number of aromatic nitrogens is 1. The summed E-state index contributed by atoms with van der Waals surface area (Å²) in [6.07, 6.45) is 1.60. The van der Waals surface area contributed by atoms with E-state index in [4.69, 9.17) is 4.74 Å². The van der Waals surface area contributed by atoms with Crippen molar-refractivity contribution in [1.29, 1.82) is 0 Å². The molecular weight excluding hydrogens is 266 g/mol. The topological polar surface area (TPSA) is 63.2 Å². The highest BCUT2D eigenvalue weighted by Gasteiger charge is 2.10. The van der Waals surface area contributed by atoms with Gasteiger partial charge in [0.05, 0.1) is 12.7 Å². The van der Waals surface area contributed by atoms with Crippen molar-refractivity contribution in [1.82, 2.24) is 10.3 Å². The predicted octanol–water partition coefficient (Wildman–Crippen LogP) is 2.08.